The van der Waals surface area contributed by atoms with Crippen molar-refractivity contribution in [1.82, 2.24) is 0 Å². The van der Waals surface area contributed by atoms with Gasteiger partial charge in [0.2, 0.25) is 0 Å². The average molecular weight is 324 g/mol. The van der Waals surface area contributed by atoms with Crippen molar-refractivity contribution in [3.8, 4) is 11.5 Å². The molecule has 0 saturated carbocycles. The standard InChI is InChI=1S/C22H28O2/c1-19-9-13-21(14-10-19)23-17-7-5-3-4-6-8-18-24-22-15-11-20(2)12-16-22/h7,9-17H,3-6,8,18H2,1-2H3. The Morgan fingerprint density at radius 3 is 1.96 bits per heavy atom. The van der Waals surface area contributed by atoms with Crippen molar-refractivity contribution < 1.29 is 9.47 Å². The Hall–Kier alpha value is -2.22. The van der Waals surface area contributed by atoms with E-state index in [9.17, 15) is 0 Å². The van der Waals surface area contributed by atoms with E-state index >= 15 is 0 Å². The van der Waals surface area contributed by atoms with E-state index in [0.717, 1.165) is 30.9 Å². The number of unbranched alkanes of at least 4 members (excludes halogenated alkanes) is 4. The lowest BCUT2D eigenvalue weighted by Gasteiger charge is -2.06. The lowest BCUT2D eigenvalue weighted by Crippen LogP contribution is -1.97. The second kappa shape index (κ2) is 10.5. The molecule has 0 atom stereocenters. The molecule has 0 radical (unpaired) electrons. The van der Waals surface area contributed by atoms with Gasteiger partial charge in [0.15, 0.2) is 0 Å². The third-order valence-electron chi connectivity index (χ3n) is 3.88. The van der Waals surface area contributed by atoms with Gasteiger partial charge >= 0.3 is 0 Å². The first-order valence-electron chi connectivity index (χ1n) is 8.82. The molecule has 2 aromatic carbocycles. The third kappa shape index (κ3) is 7.36. The van der Waals surface area contributed by atoms with E-state index < -0.39 is 0 Å². The highest BCUT2D eigenvalue weighted by molar-refractivity contribution is 5.27. The Morgan fingerprint density at radius 2 is 1.29 bits per heavy atom. The number of hydrogen-bond donors (Lipinski definition) is 0. The molecular formula is C22H28O2. The van der Waals surface area contributed by atoms with E-state index in [-0.39, 0.29) is 0 Å². The number of ether oxygens (including phenoxy) is 2. The summed E-state index contributed by atoms with van der Waals surface area (Å²) in [6.07, 6.45) is 9.69. The summed E-state index contributed by atoms with van der Waals surface area (Å²) in [6, 6.07) is 16.3. The molecule has 0 aromatic heterocycles. The highest BCUT2D eigenvalue weighted by Crippen LogP contribution is 2.13. The van der Waals surface area contributed by atoms with E-state index in [1.165, 1.54) is 30.4 Å². The van der Waals surface area contributed by atoms with Crippen molar-refractivity contribution in [2.75, 3.05) is 6.61 Å². The first kappa shape index (κ1) is 18.1. The molecule has 0 bridgehead atoms. The molecule has 2 nitrogen and oxygen atoms in total. The molecule has 2 heteroatoms. The Labute approximate surface area is 146 Å². The molecule has 0 aliphatic rings. The van der Waals surface area contributed by atoms with E-state index in [1.54, 1.807) is 6.26 Å². The minimum absolute atomic E-state index is 0.801. The van der Waals surface area contributed by atoms with Gasteiger partial charge in [0, 0.05) is 0 Å². The summed E-state index contributed by atoms with van der Waals surface area (Å²) < 4.78 is 11.3. The minimum Gasteiger partial charge on any atom is -0.494 e. The number of benzene rings is 2. The van der Waals surface area contributed by atoms with Crippen LogP contribution in [0.4, 0.5) is 0 Å². The molecule has 0 spiro atoms. The van der Waals surface area contributed by atoms with Gasteiger partial charge in [0.05, 0.1) is 12.9 Å². The maximum Gasteiger partial charge on any atom is 0.126 e. The zero-order valence-electron chi connectivity index (χ0n) is 14.8. The fourth-order valence-electron chi connectivity index (χ4n) is 2.35. The number of hydrogen-bond acceptors (Lipinski definition) is 2. The molecule has 0 fully saturated rings. The molecular weight excluding hydrogens is 296 g/mol. The second-order valence-corrected chi connectivity index (χ2v) is 6.17. The molecule has 0 N–H and O–H groups in total. The summed E-state index contributed by atoms with van der Waals surface area (Å²) in [4.78, 5) is 0. The van der Waals surface area contributed by atoms with Crippen LogP contribution in [0.2, 0.25) is 0 Å². The molecule has 0 aliphatic heterocycles. The van der Waals surface area contributed by atoms with Crippen molar-refractivity contribution in [2.24, 2.45) is 0 Å². The topological polar surface area (TPSA) is 18.5 Å². The van der Waals surface area contributed by atoms with Crippen molar-refractivity contribution in [3.63, 3.8) is 0 Å². The van der Waals surface area contributed by atoms with Gasteiger partial charge in [0.25, 0.3) is 0 Å². The fraction of sp³-hybridized carbons (Fsp3) is 0.364. The first-order chi connectivity index (χ1) is 11.7. The lowest BCUT2D eigenvalue weighted by atomic mass is 10.1. The Kier molecular flexibility index (Phi) is 7.96. The molecule has 24 heavy (non-hydrogen) atoms. The molecule has 0 heterocycles. The normalized spacial score (nSPS) is 10.9. The predicted molar refractivity (Wildman–Crippen MR) is 101 cm³/mol. The van der Waals surface area contributed by atoms with Crippen LogP contribution in [0.15, 0.2) is 60.9 Å². The maximum absolute atomic E-state index is 5.73. The van der Waals surface area contributed by atoms with Crippen LogP contribution in [-0.4, -0.2) is 6.61 Å². The summed E-state index contributed by atoms with van der Waals surface area (Å²) in [7, 11) is 0. The molecule has 0 unspecified atom stereocenters. The van der Waals surface area contributed by atoms with Gasteiger partial charge in [-0.05, 0) is 63.5 Å². The predicted octanol–water partition coefficient (Wildman–Crippen LogP) is 6.23. The third-order valence-corrected chi connectivity index (χ3v) is 3.88. The number of allylic oxidation sites excluding steroid dienone is 1. The van der Waals surface area contributed by atoms with Crippen molar-refractivity contribution in [1.29, 1.82) is 0 Å². The molecule has 2 rings (SSSR count). The maximum atomic E-state index is 5.73. The van der Waals surface area contributed by atoms with Crippen LogP contribution in [0.1, 0.15) is 43.2 Å². The second-order valence-electron chi connectivity index (χ2n) is 6.17. The van der Waals surface area contributed by atoms with Crippen molar-refractivity contribution >= 4 is 0 Å². The Bertz CT molecular complexity index is 597. The summed E-state index contributed by atoms with van der Waals surface area (Å²) in [6.45, 7) is 4.96. The molecule has 128 valence electrons. The van der Waals surface area contributed by atoms with Crippen molar-refractivity contribution in [2.45, 2.75) is 46.0 Å². The van der Waals surface area contributed by atoms with Gasteiger partial charge < -0.3 is 9.47 Å². The summed E-state index contributed by atoms with van der Waals surface area (Å²) in [5.41, 5.74) is 2.51. The molecule has 2 aromatic rings. The van der Waals surface area contributed by atoms with Crippen molar-refractivity contribution in [3.05, 3.63) is 72.0 Å². The zero-order valence-corrected chi connectivity index (χ0v) is 14.8. The first-order valence-corrected chi connectivity index (χ1v) is 8.82. The monoisotopic (exact) mass is 324 g/mol. The minimum atomic E-state index is 0.801. The zero-order chi connectivity index (χ0) is 17.0. The van der Waals surface area contributed by atoms with E-state index in [1.807, 2.05) is 24.3 Å². The van der Waals surface area contributed by atoms with Crippen LogP contribution >= 0.6 is 0 Å². The Balaban J connectivity index is 1.45. The van der Waals surface area contributed by atoms with E-state index in [2.05, 4.69) is 44.2 Å². The van der Waals surface area contributed by atoms with Gasteiger partial charge in [-0.25, -0.2) is 0 Å². The largest absolute Gasteiger partial charge is 0.494 e. The van der Waals surface area contributed by atoms with Crippen LogP contribution in [0, 0.1) is 13.8 Å². The van der Waals surface area contributed by atoms with Crippen LogP contribution < -0.4 is 9.47 Å². The molecule has 0 amide bonds. The summed E-state index contributed by atoms with van der Waals surface area (Å²) in [5.74, 6) is 1.86. The summed E-state index contributed by atoms with van der Waals surface area (Å²) >= 11 is 0. The summed E-state index contributed by atoms with van der Waals surface area (Å²) in [5, 5.41) is 0. The van der Waals surface area contributed by atoms with Crippen LogP contribution in [0.5, 0.6) is 11.5 Å². The highest BCUT2D eigenvalue weighted by atomic mass is 16.5. The van der Waals surface area contributed by atoms with Crippen LogP contribution in [-0.2, 0) is 0 Å². The SMILES string of the molecule is Cc1ccc(OC=CCCCCCCOc2ccc(C)cc2)cc1. The van der Waals surface area contributed by atoms with Gasteiger partial charge in [-0.15, -0.1) is 0 Å². The van der Waals surface area contributed by atoms with Gasteiger partial charge in [0.1, 0.15) is 11.5 Å². The van der Waals surface area contributed by atoms with Gasteiger partial charge in [-0.1, -0.05) is 48.2 Å². The van der Waals surface area contributed by atoms with E-state index in [4.69, 9.17) is 9.47 Å². The van der Waals surface area contributed by atoms with Gasteiger partial charge in [-0.3, -0.25) is 0 Å². The number of aryl methyl sites for hydroxylation is 2. The average Bonchev–Trinajstić information content (AvgIpc) is 2.60. The highest BCUT2D eigenvalue weighted by Gasteiger charge is 1.94. The smallest absolute Gasteiger partial charge is 0.126 e. The fourth-order valence-corrected chi connectivity index (χ4v) is 2.35. The van der Waals surface area contributed by atoms with Crippen LogP contribution in [0.3, 0.4) is 0 Å². The van der Waals surface area contributed by atoms with Crippen LogP contribution in [0.25, 0.3) is 0 Å². The molecule has 0 saturated heterocycles. The Morgan fingerprint density at radius 1 is 0.708 bits per heavy atom. The lowest BCUT2D eigenvalue weighted by molar-refractivity contribution is 0.304. The molecule has 0 aliphatic carbocycles. The quantitative estimate of drug-likeness (QED) is 0.381. The van der Waals surface area contributed by atoms with E-state index in [0.29, 0.717) is 0 Å². The number of rotatable bonds is 10. The van der Waals surface area contributed by atoms with Gasteiger partial charge in [-0.2, -0.15) is 0 Å².